The van der Waals surface area contributed by atoms with Gasteiger partial charge in [-0.05, 0) is 43.4 Å². The van der Waals surface area contributed by atoms with Crippen LogP contribution in [-0.4, -0.2) is 26.8 Å². The first-order chi connectivity index (χ1) is 10.8. The molecule has 2 aromatic rings. The normalized spacial score (nSPS) is 12.3. The van der Waals surface area contributed by atoms with Gasteiger partial charge in [-0.1, -0.05) is 60.2 Å². The number of ether oxygens (including phenoxy) is 1. The van der Waals surface area contributed by atoms with E-state index in [2.05, 4.69) is 66.8 Å². The lowest BCUT2D eigenvalue weighted by Crippen LogP contribution is -2.28. The Hall–Kier alpha value is -1.64. The summed E-state index contributed by atoms with van der Waals surface area (Å²) in [4.78, 5) is 0. The summed E-state index contributed by atoms with van der Waals surface area (Å²) in [7, 11) is 1.75. The Morgan fingerprint density at radius 3 is 2.41 bits per heavy atom. The molecule has 2 rings (SSSR count). The van der Waals surface area contributed by atoms with Gasteiger partial charge in [-0.3, -0.25) is 0 Å². The number of hydrogen-bond donors (Lipinski definition) is 1. The van der Waals surface area contributed by atoms with Crippen LogP contribution in [0.3, 0.4) is 0 Å². The predicted octanol–water partition coefficient (Wildman–Crippen LogP) is 3.63. The first kappa shape index (κ1) is 16.7. The number of methoxy groups -OCH3 is 1. The summed E-state index contributed by atoms with van der Waals surface area (Å²) in [6, 6.07) is 19.6. The number of rotatable bonds is 9. The first-order valence-electron chi connectivity index (χ1n) is 8.07. The van der Waals surface area contributed by atoms with Gasteiger partial charge in [-0.15, -0.1) is 0 Å². The van der Waals surface area contributed by atoms with Crippen molar-refractivity contribution in [2.24, 2.45) is 5.92 Å². The second-order valence-electron chi connectivity index (χ2n) is 5.95. The Morgan fingerprint density at radius 2 is 1.68 bits per heavy atom. The van der Waals surface area contributed by atoms with Crippen LogP contribution in [0.4, 0.5) is 0 Å². The van der Waals surface area contributed by atoms with Crippen molar-refractivity contribution in [3.05, 3.63) is 71.3 Å². The summed E-state index contributed by atoms with van der Waals surface area (Å²) >= 11 is 0. The Morgan fingerprint density at radius 1 is 0.955 bits per heavy atom. The summed E-state index contributed by atoms with van der Waals surface area (Å²) in [6.45, 7) is 4.86. The molecule has 0 aliphatic heterocycles. The molecule has 0 aliphatic carbocycles. The van der Waals surface area contributed by atoms with E-state index in [0.29, 0.717) is 5.92 Å². The lowest BCUT2D eigenvalue weighted by molar-refractivity contribution is 0.197. The van der Waals surface area contributed by atoms with Crippen molar-refractivity contribution in [3.8, 4) is 0 Å². The van der Waals surface area contributed by atoms with Gasteiger partial charge in [0, 0.05) is 13.7 Å². The van der Waals surface area contributed by atoms with Crippen LogP contribution in [0.1, 0.15) is 16.7 Å². The molecule has 0 aromatic heterocycles. The van der Waals surface area contributed by atoms with E-state index >= 15 is 0 Å². The number of benzene rings is 2. The highest BCUT2D eigenvalue weighted by molar-refractivity contribution is 5.23. The molecule has 118 valence electrons. The Bertz CT molecular complexity index is 538. The maximum absolute atomic E-state index is 5.11. The fourth-order valence-corrected chi connectivity index (χ4v) is 2.82. The molecule has 22 heavy (non-hydrogen) atoms. The summed E-state index contributed by atoms with van der Waals surface area (Å²) in [5.41, 5.74) is 4.17. The second kappa shape index (κ2) is 9.39. The largest absolute Gasteiger partial charge is 0.383 e. The maximum Gasteiger partial charge on any atom is 0.0587 e. The fourth-order valence-electron chi connectivity index (χ4n) is 2.82. The van der Waals surface area contributed by atoms with Crippen molar-refractivity contribution >= 4 is 0 Å². The molecule has 0 radical (unpaired) electrons. The highest BCUT2D eigenvalue weighted by Gasteiger charge is 2.11. The molecule has 1 unspecified atom stereocenters. The molecule has 0 aliphatic rings. The van der Waals surface area contributed by atoms with Crippen LogP contribution in [0.15, 0.2) is 54.6 Å². The van der Waals surface area contributed by atoms with Gasteiger partial charge in [0.25, 0.3) is 0 Å². The molecular weight excluding hydrogens is 270 g/mol. The van der Waals surface area contributed by atoms with Gasteiger partial charge < -0.3 is 10.1 Å². The summed E-state index contributed by atoms with van der Waals surface area (Å²) in [5.74, 6) is 0.598. The van der Waals surface area contributed by atoms with Crippen molar-refractivity contribution < 1.29 is 4.74 Å². The van der Waals surface area contributed by atoms with Gasteiger partial charge in [-0.25, -0.2) is 0 Å². The predicted molar refractivity (Wildman–Crippen MR) is 93.3 cm³/mol. The van der Waals surface area contributed by atoms with Crippen molar-refractivity contribution in [1.29, 1.82) is 0 Å². The van der Waals surface area contributed by atoms with Crippen molar-refractivity contribution in [1.82, 2.24) is 5.32 Å². The molecule has 1 N–H and O–H groups in total. The van der Waals surface area contributed by atoms with Crippen LogP contribution in [-0.2, 0) is 17.6 Å². The van der Waals surface area contributed by atoms with Crippen molar-refractivity contribution in [2.75, 3.05) is 26.8 Å². The Labute approximate surface area is 134 Å². The molecule has 0 fully saturated rings. The molecule has 0 amide bonds. The van der Waals surface area contributed by atoms with Gasteiger partial charge in [0.15, 0.2) is 0 Å². The standard InChI is InChI=1S/C20H27NO/c1-17-7-6-10-19(13-17)15-20(16-21-11-12-22-2)14-18-8-4-3-5-9-18/h3-10,13,20-21H,11-12,14-16H2,1-2H3. The van der Waals surface area contributed by atoms with E-state index in [1.165, 1.54) is 16.7 Å². The Balaban J connectivity index is 1.97. The molecule has 0 spiro atoms. The second-order valence-corrected chi connectivity index (χ2v) is 5.95. The van der Waals surface area contributed by atoms with Crippen LogP contribution >= 0.6 is 0 Å². The zero-order valence-corrected chi connectivity index (χ0v) is 13.7. The van der Waals surface area contributed by atoms with Gasteiger partial charge >= 0.3 is 0 Å². The van der Waals surface area contributed by atoms with Crippen molar-refractivity contribution in [3.63, 3.8) is 0 Å². The fraction of sp³-hybridized carbons (Fsp3) is 0.400. The monoisotopic (exact) mass is 297 g/mol. The number of hydrogen-bond acceptors (Lipinski definition) is 2. The molecule has 0 bridgehead atoms. The molecule has 2 aromatic carbocycles. The highest BCUT2D eigenvalue weighted by Crippen LogP contribution is 2.15. The quantitative estimate of drug-likeness (QED) is 0.714. The van der Waals surface area contributed by atoms with E-state index in [4.69, 9.17) is 4.74 Å². The molecular formula is C20H27NO. The minimum atomic E-state index is 0.598. The van der Waals surface area contributed by atoms with E-state index in [0.717, 1.165) is 32.5 Å². The smallest absolute Gasteiger partial charge is 0.0587 e. The third kappa shape index (κ3) is 6.00. The molecule has 1 atom stereocenters. The van der Waals surface area contributed by atoms with E-state index in [1.807, 2.05) is 0 Å². The summed E-state index contributed by atoms with van der Waals surface area (Å²) < 4.78 is 5.11. The summed E-state index contributed by atoms with van der Waals surface area (Å²) in [5, 5.41) is 3.52. The van der Waals surface area contributed by atoms with E-state index < -0.39 is 0 Å². The zero-order chi connectivity index (χ0) is 15.6. The van der Waals surface area contributed by atoms with Crippen LogP contribution in [0, 0.1) is 12.8 Å². The number of nitrogens with one attached hydrogen (secondary N) is 1. The third-order valence-electron chi connectivity index (χ3n) is 3.89. The molecule has 0 heterocycles. The molecule has 0 saturated carbocycles. The van der Waals surface area contributed by atoms with Gasteiger partial charge in [0.05, 0.1) is 6.61 Å². The topological polar surface area (TPSA) is 21.3 Å². The van der Waals surface area contributed by atoms with Gasteiger partial charge in [0.1, 0.15) is 0 Å². The average Bonchev–Trinajstić information content (AvgIpc) is 2.52. The minimum absolute atomic E-state index is 0.598. The average molecular weight is 297 g/mol. The van der Waals surface area contributed by atoms with E-state index in [-0.39, 0.29) is 0 Å². The molecule has 0 saturated heterocycles. The maximum atomic E-state index is 5.11. The van der Waals surface area contributed by atoms with Crippen LogP contribution in [0.5, 0.6) is 0 Å². The van der Waals surface area contributed by atoms with E-state index in [9.17, 15) is 0 Å². The minimum Gasteiger partial charge on any atom is -0.383 e. The molecule has 2 nitrogen and oxygen atoms in total. The summed E-state index contributed by atoms with van der Waals surface area (Å²) in [6.07, 6.45) is 2.21. The lowest BCUT2D eigenvalue weighted by Gasteiger charge is -2.18. The SMILES string of the molecule is COCCNCC(Cc1ccccc1)Cc1cccc(C)c1. The lowest BCUT2D eigenvalue weighted by atomic mass is 9.92. The molecule has 2 heteroatoms. The Kier molecular flexibility index (Phi) is 7.14. The van der Waals surface area contributed by atoms with Crippen LogP contribution < -0.4 is 5.32 Å². The zero-order valence-electron chi connectivity index (χ0n) is 13.7. The highest BCUT2D eigenvalue weighted by atomic mass is 16.5. The van der Waals surface area contributed by atoms with Crippen LogP contribution in [0.2, 0.25) is 0 Å². The van der Waals surface area contributed by atoms with Gasteiger partial charge in [0.2, 0.25) is 0 Å². The third-order valence-corrected chi connectivity index (χ3v) is 3.89. The van der Waals surface area contributed by atoms with E-state index in [1.54, 1.807) is 7.11 Å². The first-order valence-corrected chi connectivity index (χ1v) is 8.07. The number of aryl methyl sites for hydroxylation is 1. The van der Waals surface area contributed by atoms with Crippen molar-refractivity contribution in [2.45, 2.75) is 19.8 Å². The van der Waals surface area contributed by atoms with Gasteiger partial charge in [-0.2, -0.15) is 0 Å². The van der Waals surface area contributed by atoms with Crippen LogP contribution in [0.25, 0.3) is 0 Å².